The molecule has 0 radical (unpaired) electrons. The van der Waals surface area contributed by atoms with E-state index in [1.165, 1.54) is 11.3 Å². The number of ether oxygens (including phenoxy) is 3. The number of esters is 1. The molecule has 0 aliphatic carbocycles. The highest BCUT2D eigenvalue weighted by Gasteiger charge is 2.34. The maximum absolute atomic E-state index is 14.0. The Labute approximate surface area is 253 Å². The molecule has 1 aliphatic rings. The monoisotopic (exact) mass is 611 g/mol. The van der Waals surface area contributed by atoms with Gasteiger partial charge in [-0.2, -0.15) is 0 Å². The van der Waals surface area contributed by atoms with Crippen LogP contribution in [0, 0.1) is 0 Å². The average Bonchev–Trinajstić information content (AvgIpc) is 3.27. The number of hydrogen-bond donors (Lipinski definition) is 0. The van der Waals surface area contributed by atoms with Crippen molar-refractivity contribution in [2.75, 3.05) is 32.9 Å². The van der Waals surface area contributed by atoms with Crippen LogP contribution in [-0.4, -0.2) is 54.3 Å². The van der Waals surface area contributed by atoms with Crippen molar-refractivity contribution in [3.63, 3.8) is 0 Å². The molecule has 9 nitrogen and oxygen atoms in total. The second kappa shape index (κ2) is 13.8. The molecule has 1 aliphatic heterocycles. The first-order valence-electron chi connectivity index (χ1n) is 13.8. The van der Waals surface area contributed by atoms with Gasteiger partial charge in [0.25, 0.3) is 11.5 Å². The van der Waals surface area contributed by atoms with Gasteiger partial charge in [-0.1, -0.05) is 41.1 Å². The molecule has 1 aromatic heterocycles. The molecule has 0 bridgehead atoms. The number of benzene rings is 2. The van der Waals surface area contributed by atoms with Gasteiger partial charge in [-0.15, -0.1) is 0 Å². The summed E-state index contributed by atoms with van der Waals surface area (Å²) in [6.45, 7) is 10.7. The Morgan fingerprint density at radius 2 is 1.74 bits per heavy atom. The van der Waals surface area contributed by atoms with Crippen LogP contribution in [0.25, 0.3) is 6.08 Å². The van der Waals surface area contributed by atoms with Gasteiger partial charge < -0.3 is 19.1 Å². The molecule has 2 aromatic carbocycles. The Bertz CT molecular complexity index is 1670. The van der Waals surface area contributed by atoms with Gasteiger partial charge in [-0.25, -0.2) is 9.79 Å². The van der Waals surface area contributed by atoms with E-state index in [0.29, 0.717) is 62.4 Å². The number of carbonyl (C=O) groups is 2. The van der Waals surface area contributed by atoms with Crippen molar-refractivity contribution in [1.82, 2.24) is 9.47 Å². The van der Waals surface area contributed by atoms with Gasteiger partial charge in [-0.3, -0.25) is 14.2 Å². The zero-order valence-electron chi connectivity index (χ0n) is 24.3. The third kappa shape index (κ3) is 6.60. The highest BCUT2D eigenvalue weighted by Crippen LogP contribution is 2.32. The SMILES string of the molecule is CCOC(=O)COc1ccc(/C=c2/sc3n(c2=O)[C@@H](c2ccc(Cl)cc2)C(C(=O)N(CC)CC)=C(C)N=3)cc1OCC. The third-order valence-corrected chi connectivity index (χ3v) is 7.94. The van der Waals surface area contributed by atoms with Crippen molar-refractivity contribution < 1.29 is 23.8 Å². The minimum absolute atomic E-state index is 0.157. The van der Waals surface area contributed by atoms with Gasteiger partial charge in [0.2, 0.25) is 0 Å². The Morgan fingerprint density at radius 1 is 1.02 bits per heavy atom. The average molecular weight is 612 g/mol. The van der Waals surface area contributed by atoms with Crippen LogP contribution in [-0.2, 0) is 14.3 Å². The van der Waals surface area contributed by atoms with E-state index < -0.39 is 12.0 Å². The van der Waals surface area contributed by atoms with Crippen LogP contribution in [0.15, 0.2) is 63.5 Å². The summed E-state index contributed by atoms with van der Waals surface area (Å²) in [6.07, 6.45) is 1.76. The standard InChI is InChI=1S/C31H34ClN3O6S/c1-6-34(7-2)30(38)27-19(5)33-31-35(28(27)21-11-13-22(32)14-12-21)29(37)25(42-31)17-20-10-15-23(24(16-20)39-8-3)41-18-26(36)40-9-4/h10-17,28H,6-9,18H2,1-5H3/b25-17+/t28-/m0/s1. The van der Waals surface area contributed by atoms with Crippen molar-refractivity contribution in [3.05, 3.63) is 89.6 Å². The minimum Gasteiger partial charge on any atom is -0.490 e. The molecule has 222 valence electrons. The fourth-order valence-corrected chi connectivity index (χ4v) is 5.90. The Balaban J connectivity index is 1.81. The van der Waals surface area contributed by atoms with E-state index >= 15 is 0 Å². The highest BCUT2D eigenvalue weighted by atomic mass is 35.5. The van der Waals surface area contributed by atoms with Crippen molar-refractivity contribution in [2.45, 2.75) is 40.7 Å². The molecule has 11 heteroatoms. The van der Waals surface area contributed by atoms with Crippen LogP contribution >= 0.6 is 22.9 Å². The first kappa shape index (κ1) is 31.1. The predicted octanol–water partition coefficient (Wildman–Crippen LogP) is 4.10. The van der Waals surface area contributed by atoms with Crippen LogP contribution < -0.4 is 24.4 Å². The number of halogens is 1. The van der Waals surface area contributed by atoms with Crippen molar-refractivity contribution in [1.29, 1.82) is 0 Å². The van der Waals surface area contributed by atoms with Crippen LogP contribution in [0.3, 0.4) is 0 Å². The Kier molecular flexibility index (Phi) is 10.2. The number of carbonyl (C=O) groups excluding carboxylic acids is 2. The summed E-state index contributed by atoms with van der Waals surface area (Å²) in [5, 5.41) is 0.559. The predicted molar refractivity (Wildman–Crippen MR) is 163 cm³/mol. The summed E-state index contributed by atoms with van der Waals surface area (Å²) in [4.78, 5) is 46.4. The summed E-state index contributed by atoms with van der Waals surface area (Å²) in [5.74, 6) is 0.191. The van der Waals surface area contributed by atoms with Crippen LogP contribution in [0.1, 0.15) is 51.8 Å². The zero-order valence-corrected chi connectivity index (χ0v) is 25.9. The molecule has 2 heterocycles. The van der Waals surface area contributed by atoms with Crippen LogP contribution in [0.4, 0.5) is 0 Å². The molecule has 4 rings (SSSR count). The van der Waals surface area contributed by atoms with Gasteiger partial charge >= 0.3 is 5.97 Å². The number of rotatable bonds is 11. The lowest BCUT2D eigenvalue weighted by molar-refractivity contribution is -0.145. The molecular formula is C31H34ClN3O6S. The van der Waals surface area contributed by atoms with Gasteiger partial charge in [0, 0.05) is 18.1 Å². The second-order valence-corrected chi connectivity index (χ2v) is 10.8. The van der Waals surface area contributed by atoms with Crippen LogP contribution in [0.2, 0.25) is 5.02 Å². The lowest BCUT2D eigenvalue weighted by atomic mass is 9.94. The Morgan fingerprint density at radius 3 is 2.38 bits per heavy atom. The molecule has 1 atom stereocenters. The maximum Gasteiger partial charge on any atom is 0.344 e. The molecule has 0 unspecified atom stereocenters. The van der Waals surface area contributed by atoms with E-state index in [2.05, 4.69) is 0 Å². The number of amides is 1. The zero-order chi connectivity index (χ0) is 30.4. The first-order valence-corrected chi connectivity index (χ1v) is 15.0. The van der Waals surface area contributed by atoms with Crippen molar-refractivity contribution in [2.24, 2.45) is 4.99 Å². The lowest BCUT2D eigenvalue weighted by Gasteiger charge is -2.29. The third-order valence-electron chi connectivity index (χ3n) is 6.70. The Hall–Kier alpha value is -3.89. The van der Waals surface area contributed by atoms with E-state index in [1.807, 2.05) is 32.9 Å². The number of aromatic nitrogens is 1. The van der Waals surface area contributed by atoms with Gasteiger partial charge in [0.1, 0.15) is 0 Å². The van der Waals surface area contributed by atoms with Crippen molar-refractivity contribution in [3.8, 4) is 11.5 Å². The summed E-state index contributed by atoms with van der Waals surface area (Å²) < 4.78 is 18.3. The summed E-state index contributed by atoms with van der Waals surface area (Å²) >= 11 is 7.42. The molecule has 0 fully saturated rings. The number of allylic oxidation sites excluding steroid dienone is 1. The molecule has 0 saturated carbocycles. The minimum atomic E-state index is -0.661. The number of fused-ring (bicyclic) bond motifs is 1. The number of nitrogens with zero attached hydrogens (tertiary/aromatic N) is 3. The molecule has 0 saturated heterocycles. The van der Waals surface area contributed by atoms with Gasteiger partial charge in [0.15, 0.2) is 22.9 Å². The number of thiazole rings is 1. The smallest absolute Gasteiger partial charge is 0.344 e. The highest BCUT2D eigenvalue weighted by molar-refractivity contribution is 7.07. The lowest BCUT2D eigenvalue weighted by Crippen LogP contribution is -2.43. The quantitative estimate of drug-likeness (QED) is 0.303. The molecule has 3 aromatic rings. The molecule has 0 spiro atoms. The van der Waals surface area contributed by atoms with E-state index in [0.717, 1.165) is 5.56 Å². The maximum atomic E-state index is 14.0. The van der Waals surface area contributed by atoms with Gasteiger partial charge in [-0.05, 0) is 76.1 Å². The number of likely N-dealkylation sites (N-methyl/N-ethyl adjacent to an activating group) is 1. The summed E-state index contributed by atoms with van der Waals surface area (Å²) in [6, 6.07) is 11.7. The fourth-order valence-electron chi connectivity index (χ4n) is 4.73. The fraction of sp³-hybridized carbons (Fsp3) is 0.355. The van der Waals surface area contributed by atoms with E-state index in [9.17, 15) is 14.4 Å². The van der Waals surface area contributed by atoms with E-state index in [1.54, 1.807) is 59.7 Å². The molecular weight excluding hydrogens is 578 g/mol. The molecule has 0 N–H and O–H groups in total. The van der Waals surface area contributed by atoms with Crippen LogP contribution in [0.5, 0.6) is 11.5 Å². The normalized spacial score (nSPS) is 14.7. The second-order valence-electron chi connectivity index (χ2n) is 9.34. The first-order chi connectivity index (χ1) is 20.2. The largest absolute Gasteiger partial charge is 0.490 e. The number of hydrogen-bond acceptors (Lipinski definition) is 8. The van der Waals surface area contributed by atoms with E-state index in [-0.39, 0.29) is 24.7 Å². The summed E-state index contributed by atoms with van der Waals surface area (Å²) in [5.41, 5.74) is 2.23. The van der Waals surface area contributed by atoms with Crippen molar-refractivity contribution >= 4 is 40.9 Å². The molecule has 1 amide bonds. The van der Waals surface area contributed by atoms with Gasteiger partial charge in [0.05, 0.1) is 35.1 Å². The summed E-state index contributed by atoms with van der Waals surface area (Å²) in [7, 11) is 0. The van der Waals surface area contributed by atoms with E-state index in [4.69, 9.17) is 30.8 Å². The molecule has 42 heavy (non-hydrogen) atoms. The topological polar surface area (TPSA) is 99.4 Å².